The molecule has 1 aromatic carbocycles. The van der Waals surface area contributed by atoms with Crippen LogP contribution in [0.15, 0.2) is 55.1 Å². The summed E-state index contributed by atoms with van der Waals surface area (Å²) in [6.45, 7) is 10.3. The Morgan fingerprint density at radius 2 is 1.56 bits per heavy atom. The molecule has 0 aromatic heterocycles. The molecule has 1 rings (SSSR count). The van der Waals surface area contributed by atoms with E-state index in [1.807, 2.05) is 18.2 Å². The van der Waals surface area contributed by atoms with Crippen molar-refractivity contribution in [2.75, 3.05) is 0 Å². The fourth-order valence-corrected chi connectivity index (χ4v) is 1.40. The minimum absolute atomic E-state index is 0.227. The highest BCUT2D eigenvalue weighted by molar-refractivity contribution is 5.52. The molecule has 0 atom stereocenters. The molecular weight excluding hydrogens is 192 g/mol. The lowest BCUT2D eigenvalue weighted by Crippen LogP contribution is -2.10. The zero-order valence-electron chi connectivity index (χ0n) is 10.4. The normalized spacial score (nSPS) is 12.4. The van der Waals surface area contributed by atoms with E-state index in [1.165, 1.54) is 11.1 Å². The molecule has 0 heteroatoms. The van der Waals surface area contributed by atoms with Gasteiger partial charge in [0.2, 0.25) is 0 Å². The van der Waals surface area contributed by atoms with Crippen molar-refractivity contribution in [1.82, 2.24) is 0 Å². The maximum Gasteiger partial charge on any atom is -0.0132 e. The lowest BCUT2D eigenvalue weighted by molar-refractivity contribution is 0.590. The zero-order valence-corrected chi connectivity index (χ0v) is 10.4. The third-order valence-electron chi connectivity index (χ3n) is 2.42. The molecule has 0 nitrogen and oxygen atoms in total. The highest BCUT2D eigenvalue weighted by Gasteiger charge is 2.12. The van der Waals surface area contributed by atoms with E-state index in [4.69, 9.17) is 0 Å². The van der Waals surface area contributed by atoms with Gasteiger partial charge in [0.25, 0.3) is 0 Å². The van der Waals surface area contributed by atoms with Crippen LogP contribution in [0.25, 0.3) is 6.08 Å². The van der Waals surface area contributed by atoms with Crippen molar-refractivity contribution in [2.45, 2.75) is 26.2 Å². The second-order valence-electron chi connectivity index (χ2n) is 4.85. The maximum atomic E-state index is 3.62. The van der Waals surface area contributed by atoms with E-state index in [2.05, 4.69) is 57.7 Å². The molecule has 0 aliphatic rings. The Labute approximate surface area is 99.0 Å². The van der Waals surface area contributed by atoms with Crippen molar-refractivity contribution in [3.63, 3.8) is 0 Å². The Hall–Kier alpha value is -1.56. The van der Waals surface area contributed by atoms with Gasteiger partial charge in [-0.25, -0.2) is 0 Å². The van der Waals surface area contributed by atoms with Crippen molar-refractivity contribution in [2.24, 2.45) is 0 Å². The fourth-order valence-electron chi connectivity index (χ4n) is 1.40. The highest BCUT2D eigenvalue weighted by atomic mass is 14.2. The summed E-state index contributed by atoms with van der Waals surface area (Å²) in [5.74, 6) is 0. The number of hydrogen-bond donors (Lipinski definition) is 0. The van der Waals surface area contributed by atoms with Crippen LogP contribution in [0, 0.1) is 0 Å². The molecule has 0 amide bonds. The Balaban J connectivity index is 2.76. The van der Waals surface area contributed by atoms with Gasteiger partial charge in [-0.2, -0.15) is 0 Å². The van der Waals surface area contributed by atoms with Gasteiger partial charge in [0, 0.05) is 0 Å². The molecule has 16 heavy (non-hydrogen) atoms. The van der Waals surface area contributed by atoms with Gasteiger partial charge in [-0.1, -0.05) is 82.0 Å². The summed E-state index contributed by atoms with van der Waals surface area (Å²) < 4.78 is 0. The first-order valence-electron chi connectivity index (χ1n) is 5.60. The molecule has 0 radical (unpaired) electrons. The average Bonchev–Trinajstić information content (AvgIpc) is 2.24. The predicted octanol–water partition coefficient (Wildman–Crippen LogP) is 4.74. The van der Waals surface area contributed by atoms with Gasteiger partial charge in [0.1, 0.15) is 0 Å². The molecule has 0 spiro atoms. The monoisotopic (exact) mass is 212 g/mol. The van der Waals surface area contributed by atoms with Crippen LogP contribution >= 0.6 is 0 Å². The van der Waals surface area contributed by atoms with Gasteiger partial charge in [-0.3, -0.25) is 0 Å². The van der Waals surface area contributed by atoms with E-state index in [-0.39, 0.29) is 5.41 Å². The van der Waals surface area contributed by atoms with Crippen LogP contribution in [0.5, 0.6) is 0 Å². The number of hydrogen-bond acceptors (Lipinski definition) is 0. The number of benzene rings is 1. The first-order chi connectivity index (χ1) is 7.54. The minimum atomic E-state index is 0.227. The van der Waals surface area contributed by atoms with Gasteiger partial charge in [-0.15, -0.1) is 0 Å². The summed E-state index contributed by atoms with van der Waals surface area (Å²) in [5.41, 5.74) is 2.82. The highest BCUT2D eigenvalue weighted by Crippen LogP contribution is 2.22. The first kappa shape index (κ1) is 12.5. The molecule has 0 bridgehead atoms. The standard InChI is InChI=1S/C16H20/c1-5-6-7-8-9-14-10-12-15(13-11-14)16(2,3)4/h5-13H,1H2,2-4H3. The summed E-state index contributed by atoms with van der Waals surface area (Å²) in [4.78, 5) is 0. The van der Waals surface area contributed by atoms with E-state index in [1.54, 1.807) is 6.08 Å². The molecule has 0 saturated carbocycles. The van der Waals surface area contributed by atoms with Crippen LogP contribution in [-0.4, -0.2) is 0 Å². The lowest BCUT2D eigenvalue weighted by atomic mass is 9.87. The maximum absolute atomic E-state index is 3.62. The summed E-state index contributed by atoms with van der Waals surface area (Å²) in [7, 11) is 0. The van der Waals surface area contributed by atoms with Gasteiger partial charge in [0.15, 0.2) is 0 Å². The summed E-state index contributed by atoms with van der Waals surface area (Å²) in [5, 5.41) is 0. The van der Waals surface area contributed by atoms with Crippen molar-refractivity contribution >= 4 is 6.08 Å². The molecule has 1 aromatic rings. The quantitative estimate of drug-likeness (QED) is 0.635. The summed E-state index contributed by atoms with van der Waals surface area (Å²) in [6.07, 6.45) is 9.78. The molecule has 0 unspecified atom stereocenters. The zero-order chi connectivity index (χ0) is 12.0. The molecule has 0 N–H and O–H groups in total. The van der Waals surface area contributed by atoms with E-state index < -0.39 is 0 Å². The average molecular weight is 212 g/mol. The van der Waals surface area contributed by atoms with Crippen molar-refractivity contribution in [3.05, 3.63) is 66.3 Å². The summed E-state index contributed by atoms with van der Waals surface area (Å²) >= 11 is 0. The van der Waals surface area contributed by atoms with Crippen LogP contribution in [0.3, 0.4) is 0 Å². The first-order valence-corrected chi connectivity index (χ1v) is 5.60. The topological polar surface area (TPSA) is 0 Å². The van der Waals surface area contributed by atoms with Crippen molar-refractivity contribution < 1.29 is 0 Å². The molecule has 0 saturated heterocycles. The van der Waals surface area contributed by atoms with E-state index in [9.17, 15) is 0 Å². The third kappa shape index (κ3) is 3.90. The summed E-state index contributed by atoms with van der Waals surface area (Å²) in [6, 6.07) is 8.69. The molecule has 0 aliphatic heterocycles. The van der Waals surface area contributed by atoms with Crippen LogP contribution in [0.4, 0.5) is 0 Å². The Kier molecular flexibility index (Phi) is 4.30. The molecule has 0 aliphatic carbocycles. The van der Waals surface area contributed by atoms with Gasteiger partial charge in [0.05, 0.1) is 0 Å². The largest absolute Gasteiger partial charge is 0.0991 e. The van der Waals surface area contributed by atoms with Gasteiger partial charge in [-0.05, 0) is 16.5 Å². The number of rotatable bonds is 3. The lowest BCUT2D eigenvalue weighted by Gasteiger charge is -2.18. The second-order valence-corrected chi connectivity index (χ2v) is 4.85. The predicted molar refractivity (Wildman–Crippen MR) is 73.5 cm³/mol. The fraction of sp³-hybridized carbons (Fsp3) is 0.250. The van der Waals surface area contributed by atoms with Crippen LogP contribution in [0.2, 0.25) is 0 Å². The van der Waals surface area contributed by atoms with Crippen LogP contribution in [-0.2, 0) is 5.41 Å². The van der Waals surface area contributed by atoms with Gasteiger partial charge < -0.3 is 0 Å². The van der Waals surface area contributed by atoms with E-state index >= 15 is 0 Å². The molecule has 84 valence electrons. The van der Waals surface area contributed by atoms with Crippen molar-refractivity contribution in [1.29, 1.82) is 0 Å². The Bertz CT molecular complexity index is 383. The molecular formula is C16H20. The van der Waals surface area contributed by atoms with Crippen molar-refractivity contribution in [3.8, 4) is 0 Å². The van der Waals surface area contributed by atoms with E-state index in [0.717, 1.165) is 0 Å². The second kappa shape index (κ2) is 5.50. The Morgan fingerprint density at radius 3 is 2.06 bits per heavy atom. The SMILES string of the molecule is C=CC=CC=Cc1ccc(C(C)(C)C)cc1. The van der Waals surface area contributed by atoms with E-state index in [0.29, 0.717) is 0 Å². The van der Waals surface area contributed by atoms with Gasteiger partial charge >= 0.3 is 0 Å². The minimum Gasteiger partial charge on any atom is -0.0991 e. The number of allylic oxidation sites excluding steroid dienone is 4. The van der Waals surface area contributed by atoms with Crippen LogP contribution < -0.4 is 0 Å². The van der Waals surface area contributed by atoms with Crippen LogP contribution in [0.1, 0.15) is 31.9 Å². The smallest absolute Gasteiger partial charge is 0.0132 e. The molecule has 0 fully saturated rings. The molecule has 0 heterocycles. The third-order valence-corrected chi connectivity index (χ3v) is 2.42. The Morgan fingerprint density at radius 1 is 0.938 bits per heavy atom.